The molecule has 0 aromatic heterocycles. The summed E-state index contributed by atoms with van der Waals surface area (Å²) in [5.74, 6) is 0. The van der Waals surface area contributed by atoms with Gasteiger partial charge in [0.1, 0.15) is 0 Å². The van der Waals surface area contributed by atoms with Crippen molar-refractivity contribution in [2.75, 3.05) is 0 Å². The zero-order valence-corrected chi connectivity index (χ0v) is 9.20. The summed E-state index contributed by atoms with van der Waals surface area (Å²) >= 11 is 0. The van der Waals surface area contributed by atoms with E-state index in [1.807, 2.05) is 0 Å². The molecule has 0 saturated heterocycles. The van der Waals surface area contributed by atoms with Gasteiger partial charge < -0.3 is 17.3 Å². The van der Waals surface area contributed by atoms with E-state index < -0.39 is 7.25 Å². The Morgan fingerprint density at radius 1 is 0.786 bits per heavy atom. The van der Waals surface area contributed by atoms with Gasteiger partial charge in [-0.05, 0) is 25.7 Å². The van der Waals surface area contributed by atoms with Gasteiger partial charge in [0.25, 0.3) is 0 Å². The molecule has 6 heteroatoms. The second-order valence-electron chi connectivity index (χ2n) is 2.64. The van der Waals surface area contributed by atoms with Gasteiger partial charge in [0.2, 0.25) is 0 Å². The molecule has 0 aromatic rings. The zero-order valence-electron chi connectivity index (χ0n) is 7.56. The molecule has 0 aliphatic heterocycles. The fourth-order valence-corrected chi connectivity index (χ4v) is 0.874. The van der Waals surface area contributed by atoms with E-state index in [0.717, 1.165) is 0 Å². The van der Waals surface area contributed by atoms with Crippen molar-refractivity contribution < 1.29 is 36.7 Å². The Morgan fingerprint density at radius 2 is 1.07 bits per heavy atom. The molecular formula is C8H12BF4Rh-. The number of allylic oxidation sites excluding steroid dienone is 4. The SMILES string of the molecule is C1=C\CCCC\C=C/1.F[B-](F)(F)F.[Rh]. The van der Waals surface area contributed by atoms with Crippen molar-refractivity contribution in [3.05, 3.63) is 24.3 Å². The van der Waals surface area contributed by atoms with E-state index >= 15 is 0 Å². The van der Waals surface area contributed by atoms with Gasteiger partial charge in [-0.3, -0.25) is 0 Å². The molecule has 0 spiro atoms. The summed E-state index contributed by atoms with van der Waals surface area (Å²) in [4.78, 5) is 0. The van der Waals surface area contributed by atoms with Crippen LogP contribution < -0.4 is 0 Å². The molecule has 14 heavy (non-hydrogen) atoms. The first-order valence-electron chi connectivity index (χ1n) is 4.19. The molecule has 0 fully saturated rings. The summed E-state index contributed by atoms with van der Waals surface area (Å²) in [5.41, 5.74) is 0. The Morgan fingerprint density at radius 3 is 1.36 bits per heavy atom. The molecule has 1 radical (unpaired) electrons. The Labute approximate surface area is 94.3 Å². The van der Waals surface area contributed by atoms with Crippen LogP contribution in [0.1, 0.15) is 25.7 Å². The number of hydrogen-bond acceptors (Lipinski definition) is 0. The summed E-state index contributed by atoms with van der Waals surface area (Å²) in [6, 6.07) is 0. The minimum Gasteiger partial charge on any atom is -0.418 e. The molecule has 0 nitrogen and oxygen atoms in total. The molecule has 1 rings (SSSR count). The van der Waals surface area contributed by atoms with Crippen molar-refractivity contribution in [2.24, 2.45) is 0 Å². The summed E-state index contributed by atoms with van der Waals surface area (Å²) in [7, 11) is -6.00. The third-order valence-corrected chi connectivity index (χ3v) is 1.37. The van der Waals surface area contributed by atoms with Crippen molar-refractivity contribution in [2.45, 2.75) is 25.7 Å². The van der Waals surface area contributed by atoms with Gasteiger partial charge in [-0.2, -0.15) is 0 Å². The van der Waals surface area contributed by atoms with E-state index in [1.54, 1.807) is 0 Å². The van der Waals surface area contributed by atoms with Crippen molar-refractivity contribution in [3.63, 3.8) is 0 Å². The first-order valence-corrected chi connectivity index (χ1v) is 4.19. The molecule has 0 N–H and O–H groups in total. The fourth-order valence-electron chi connectivity index (χ4n) is 0.874. The fraction of sp³-hybridized carbons (Fsp3) is 0.500. The summed E-state index contributed by atoms with van der Waals surface area (Å²) in [5, 5.41) is 0. The second kappa shape index (κ2) is 9.44. The molecular weight excluding hydrogens is 286 g/mol. The maximum absolute atomic E-state index is 9.75. The zero-order chi connectivity index (χ0) is 10.2. The molecule has 0 aromatic carbocycles. The molecule has 1 aliphatic rings. The number of rotatable bonds is 0. The normalized spacial score (nSPS) is 20.3. The second-order valence-corrected chi connectivity index (χ2v) is 2.64. The van der Waals surface area contributed by atoms with E-state index in [2.05, 4.69) is 24.3 Å². The minimum absolute atomic E-state index is 0. The van der Waals surface area contributed by atoms with Crippen LogP contribution in [0.4, 0.5) is 17.3 Å². The minimum atomic E-state index is -6.00. The van der Waals surface area contributed by atoms with Gasteiger partial charge in [0.15, 0.2) is 0 Å². The summed E-state index contributed by atoms with van der Waals surface area (Å²) in [6.07, 6.45) is 14.0. The molecule has 0 unspecified atom stereocenters. The Bertz CT molecular complexity index is 157. The van der Waals surface area contributed by atoms with Gasteiger partial charge >= 0.3 is 7.25 Å². The van der Waals surface area contributed by atoms with Crippen molar-refractivity contribution >= 4 is 7.25 Å². The molecule has 0 atom stereocenters. The van der Waals surface area contributed by atoms with Gasteiger partial charge in [-0.15, -0.1) is 0 Å². The van der Waals surface area contributed by atoms with Gasteiger partial charge in [0, 0.05) is 19.5 Å². The third-order valence-electron chi connectivity index (χ3n) is 1.37. The largest absolute Gasteiger partial charge is 0.673 e. The molecule has 85 valence electrons. The van der Waals surface area contributed by atoms with Crippen LogP contribution in [0.15, 0.2) is 24.3 Å². The Hall–Kier alpha value is -0.112. The van der Waals surface area contributed by atoms with Crippen LogP contribution in [0.3, 0.4) is 0 Å². The van der Waals surface area contributed by atoms with Crippen LogP contribution in [0.25, 0.3) is 0 Å². The van der Waals surface area contributed by atoms with Crippen molar-refractivity contribution in [1.82, 2.24) is 0 Å². The van der Waals surface area contributed by atoms with E-state index in [1.165, 1.54) is 25.7 Å². The average Bonchev–Trinajstić information content (AvgIpc) is 1.79. The van der Waals surface area contributed by atoms with Crippen LogP contribution in [0, 0.1) is 0 Å². The molecule has 0 bridgehead atoms. The van der Waals surface area contributed by atoms with E-state index in [-0.39, 0.29) is 19.5 Å². The van der Waals surface area contributed by atoms with Crippen LogP contribution in [-0.2, 0) is 19.5 Å². The third kappa shape index (κ3) is 22.7. The van der Waals surface area contributed by atoms with Gasteiger partial charge in [0.05, 0.1) is 0 Å². The standard InChI is InChI=1S/C8H12.BF4.Rh/c1-2-4-6-8-7-5-3-1;2-1(3,4)5;/h1-4H,5-8H2;;/q;-1;/b3-1-,4-2-;;. The van der Waals surface area contributed by atoms with Crippen molar-refractivity contribution in [1.29, 1.82) is 0 Å². The summed E-state index contributed by atoms with van der Waals surface area (Å²) < 4.78 is 39.0. The maximum Gasteiger partial charge on any atom is 0.673 e. The Balaban J connectivity index is 0. The smallest absolute Gasteiger partial charge is 0.418 e. The van der Waals surface area contributed by atoms with Gasteiger partial charge in [-0.25, -0.2) is 0 Å². The Kier molecular flexibility index (Phi) is 11.0. The maximum atomic E-state index is 9.75. The van der Waals surface area contributed by atoms with Gasteiger partial charge in [-0.1, -0.05) is 24.3 Å². The van der Waals surface area contributed by atoms with Crippen LogP contribution in [-0.4, -0.2) is 7.25 Å². The number of hydrogen-bond donors (Lipinski definition) is 0. The van der Waals surface area contributed by atoms with Crippen molar-refractivity contribution in [3.8, 4) is 0 Å². The first-order chi connectivity index (χ1) is 6.00. The quantitative estimate of drug-likeness (QED) is 0.469. The monoisotopic (exact) mass is 298 g/mol. The molecule has 1 aliphatic carbocycles. The van der Waals surface area contributed by atoms with Crippen LogP contribution in [0.5, 0.6) is 0 Å². The predicted octanol–water partition coefficient (Wildman–Crippen LogP) is 3.97. The summed E-state index contributed by atoms with van der Waals surface area (Å²) in [6.45, 7) is 0. The van der Waals surface area contributed by atoms with E-state index in [9.17, 15) is 17.3 Å². The topological polar surface area (TPSA) is 0 Å². The first kappa shape index (κ1) is 16.3. The molecule has 0 amide bonds. The average molecular weight is 298 g/mol. The van der Waals surface area contributed by atoms with Crippen LogP contribution in [0.2, 0.25) is 0 Å². The van der Waals surface area contributed by atoms with E-state index in [4.69, 9.17) is 0 Å². The van der Waals surface area contributed by atoms with E-state index in [0.29, 0.717) is 0 Å². The van der Waals surface area contributed by atoms with Crippen LogP contribution >= 0.6 is 0 Å². The number of halogens is 4. The molecule has 0 saturated carbocycles. The predicted molar refractivity (Wildman–Crippen MR) is 46.9 cm³/mol. The molecule has 0 heterocycles.